The molecule has 3 rings (SSSR count). The zero-order valence-electron chi connectivity index (χ0n) is 22.1. The van der Waals surface area contributed by atoms with E-state index in [0.717, 1.165) is 35.4 Å². The molecule has 0 radical (unpaired) electrons. The Hall–Kier alpha value is -3.19. The molecule has 0 spiro atoms. The Balaban J connectivity index is 2.03. The molecule has 0 aromatic heterocycles. The summed E-state index contributed by atoms with van der Waals surface area (Å²) >= 11 is 0. The summed E-state index contributed by atoms with van der Waals surface area (Å²) in [7, 11) is 1.08. The van der Waals surface area contributed by atoms with Crippen LogP contribution in [0.5, 0.6) is 17.2 Å². The minimum Gasteiger partial charge on any atom is -0.495 e. The summed E-state index contributed by atoms with van der Waals surface area (Å²) in [5.74, 6) is 1.63. The van der Waals surface area contributed by atoms with E-state index in [1.165, 1.54) is 30.4 Å². The predicted octanol–water partition coefficient (Wildman–Crippen LogP) is 6.37. The van der Waals surface area contributed by atoms with Gasteiger partial charge in [0.25, 0.3) is 0 Å². The molecule has 6 nitrogen and oxygen atoms in total. The third kappa shape index (κ3) is 5.95. The Bertz CT molecular complexity index is 1270. The van der Waals surface area contributed by atoms with Gasteiger partial charge < -0.3 is 19.0 Å². The highest BCUT2D eigenvalue weighted by molar-refractivity contribution is 7.87. The predicted molar refractivity (Wildman–Crippen MR) is 145 cm³/mol. The van der Waals surface area contributed by atoms with Crippen LogP contribution in [0.4, 0.5) is 5.69 Å². The summed E-state index contributed by atoms with van der Waals surface area (Å²) in [6.07, 6.45) is 3.31. The summed E-state index contributed by atoms with van der Waals surface area (Å²) < 4.78 is 42.9. The fraction of sp³-hybridized carbons (Fsp3) is 0.379. The summed E-state index contributed by atoms with van der Waals surface area (Å²) in [5, 5.41) is 3.22. The van der Waals surface area contributed by atoms with Crippen molar-refractivity contribution in [1.29, 1.82) is 0 Å². The van der Waals surface area contributed by atoms with Crippen LogP contribution in [-0.2, 0) is 29.4 Å². The maximum absolute atomic E-state index is 13.0. The topological polar surface area (TPSA) is 73.9 Å². The van der Waals surface area contributed by atoms with E-state index < -0.39 is 10.1 Å². The van der Waals surface area contributed by atoms with Crippen molar-refractivity contribution in [3.63, 3.8) is 0 Å². The zero-order chi connectivity index (χ0) is 26.3. The number of aryl methyl sites for hydroxylation is 1. The molecule has 36 heavy (non-hydrogen) atoms. The number of hydrogen-bond acceptors (Lipinski definition) is 6. The highest BCUT2D eigenvalue weighted by Crippen LogP contribution is 2.39. The van der Waals surface area contributed by atoms with Crippen molar-refractivity contribution in [1.82, 2.24) is 0 Å². The molecule has 0 saturated heterocycles. The SMILES string of the molecule is CCCc1cc(NC)c(OC)cc1C(C)Cc1ccc(OC)c(OS(=O)(=O)c2ccccc2)c1CC. The van der Waals surface area contributed by atoms with Crippen LogP contribution in [0.15, 0.2) is 59.5 Å². The highest BCUT2D eigenvalue weighted by atomic mass is 32.2. The number of nitrogens with one attached hydrogen (secondary N) is 1. The molecule has 0 fully saturated rings. The number of anilines is 1. The molecule has 0 aliphatic heterocycles. The molecule has 0 aliphatic rings. The van der Waals surface area contributed by atoms with Crippen LogP contribution in [-0.4, -0.2) is 29.7 Å². The molecule has 1 atom stereocenters. The van der Waals surface area contributed by atoms with E-state index in [9.17, 15) is 8.42 Å². The smallest absolute Gasteiger partial charge is 0.339 e. The molecule has 0 amide bonds. The minimum absolute atomic E-state index is 0.105. The normalized spacial score (nSPS) is 12.2. The molecule has 1 N–H and O–H groups in total. The molecule has 0 aliphatic carbocycles. The molecular formula is C29H37NO5S. The highest BCUT2D eigenvalue weighted by Gasteiger charge is 2.24. The lowest BCUT2D eigenvalue weighted by Crippen LogP contribution is -2.13. The van der Waals surface area contributed by atoms with Gasteiger partial charge in [0.1, 0.15) is 10.6 Å². The van der Waals surface area contributed by atoms with Gasteiger partial charge >= 0.3 is 10.1 Å². The number of hydrogen-bond donors (Lipinski definition) is 1. The lowest BCUT2D eigenvalue weighted by molar-refractivity contribution is 0.388. The zero-order valence-corrected chi connectivity index (χ0v) is 22.9. The van der Waals surface area contributed by atoms with Gasteiger partial charge in [0, 0.05) is 12.6 Å². The monoisotopic (exact) mass is 511 g/mol. The van der Waals surface area contributed by atoms with Crippen LogP contribution < -0.4 is 19.0 Å². The first-order chi connectivity index (χ1) is 17.3. The molecule has 3 aromatic carbocycles. The Kier molecular flexibility index (Phi) is 9.26. The number of methoxy groups -OCH3 is 2. The van der Waals surface area contributed by atoms with Crippen molar-refractivity contribution in [3.8, 4) is 17.2 Å². The Morgan fingerprint density at radius 3 is 2.19 bits per heavy atom. The van der Waals surface area contributed by atoms with E-state index >= 15 is 0 Å². The maximum Gasteiger partial charge on any atom is 0.339 e. The van der Waals surface area contributed by atoms with Crippen LogP contribution in [0.3, 0.4) is 0 Å². The van der Waals surface area contributed by atoms with Gasteiger partial charge in [-0.2, -0.15) is 8.42 Å². The summed E-state index contributed by atoms with van der Waals surface area (Å²) in [4.78, 5) is 0.105. The Morgan fingerprint density at radius 2 is 1.61 bits per heavy atom. The fourth-order valence-corrected chi connectivity index (χ4v) is 5.60. The fourth-order valence-electron chi connectivity index (χ4n) is 4.61. The molecule has 3 aromatic rings. The molecular weight excluding hydrogens is 474 g/mol. The van der Waals surface area contributed by atoms with Crippen molar-refractivity contribution in [2.24, 2.45) is 0 Å². The summed E-state index contributed by atoms with van der Waals surface area (Å²) in [5.41, 5.74) is 5.34. The van der Waals surface area contributed by atoms with Gasteiger partial charge in [0.05, 0.1) is 19.9 Å². The number of rotatable bonds is 12. The van der Waals surface area contributed by atoms with Gasteiger partial charge in [0.2, 0.25) is 0 Å². The van der Waals surface area contributed by atoms with Gasteiger partial charge in [0.15, 0.2) is 11.5 Å². The van der Waals surface area contributed by atoms with Gasteiger partial charge in [-0.05, 0) is 72.2 Å². The van der Waals surface area contributed by atoms with Crippen LogP contribution in [0.25, 0.3) is 0 Å². The Morgan fingerprint density at radius 1 is 0.917 bits per heavy atom. The van der Waals surface area contributed by atoms with Crippen LogP contribution in [0, 0.1) is 0 Å². The standard InChI is InChI=1S/C29H37NO5S/c1-7-12-21-18-26(30-4)28(34-6)19-25(21)20(3)17-22-15-16-27(33-5)29(24(22)8-2)35-36(31,32)23-13-10-9-11-14-23/h9-11,13-16,18-20,30H,7-8,12,17H2,1-6H3. The molecule has 0 heterocycles. The van der Waals surface area contributed by atoms with Gasteiger partial charge in [-0.25, -0.2) is 0 Å². The van der Waals surface area contributed by atoms with E-state index in [2.05, 4.69) is 31.3 Å². The average Bonchev–Trinajstić information content (AvgIpc) is 2.89. The summed E-state index contributed by atoms with van der Waals surface area (Å²) in [6, 6.07) is 16.3. The third-order valence-electron chi connectivity index (χ3n) is 6.43. The molecule has 7 heteroatoms. The van der Waals surface area contributed by atoms with E-state index in [1.54, 1.807) is 31.4 Å². The van der Waals surface area contributed by atoms with Crippen molar-refractivity contribution in [3.05, 3.63) is 76.9 Å². The molecule has 0 bridgehead atoms. The van der Waals surface area contributed by atoms with Crippen molar-refractivity contribution < 1.29 is 22.1 Å². The van der Waals surface area contributed by atoms with Gasteiger partial charge in [-0.15, -0.1) is 0 Å². The van der Waals surface area contributed by atoms with Crippen LogP contribution >= 0.6 is 0 Å². The van der Waals surface area contributed by atoms with E-state index in [0.29, 0.717) is 18.6 Å². The average molecular weight is 512 g/mol. The third-order valence-corrected chi connectivity index (χ3v) is 7.66. The van der Waals surface area contributed by atoms with Crippen molar-refractivity contribution in [2.75, 3.05) is 26.6 Å². The number of ether oxygens (including phenoxy) is 2. The first kappa shape index (κ1) is 27.4. The lowest BCUT2D eigenvalue weighted by Gasteiger charge is -2.22. The number of benzene rings is 3. The Labute approximate surface area is 215 Å². The second kappa shape index (κ2) is 12.2. The van der Waals surface area contributed by atoms with Crippen molar-refractivity contribution >= 4 is 15.8 Å². The lowest BCUT2D eigenvalue weighted by atomic mass is 9.86. The van der Waals surface area contributed by atoms with E-state index in [1.807, 2.05) is 20.0 Å². The van der Waals surface area contributed by atoms with E-state index in [-0.39, 0.29) is 16.6 Å². The largest absolute Gasteiger partial charge is 0.495 e. The van der Waals surface area contributed by atoms with Crippen LogP contribution in [0.2, 0.25) is 0 Å². The second-order valence-electron chi connectivity index (χ2n) is 8.80. The van der Waals surface area contributed by atoms with Crippen LogP contribution in [0.1, 0.15) is 55.4 Å². The van der Waals surface area contributed by atoms with Gasteiger partial charge in [-0.1, -0.05) is 51.5 Å². The maximum atomic E-state index is 13.0. The quantitative estimate of drug-likeness (QED) is 0.285. The second-order valence-corrected chi connectivity index (χ2v) is 10.3. The summed E-state index contributed by atoms with van der Waals surface area (Å²) in [6.45, 7) is 6.36. The first-order valence-corrected chi connectivity index (χ1v) is 13.8. The van der Waals surface area contributed by atoms with Gasteiger partial charge in [-0.3, -0.25) is 0 Å². The molecule has 194 valence electrons. The van der Waals surface area contributed by atoms with E-state index in [4.69, 9.17) is 13.7 Å². The van der Waals surface area contributed by atoms with Crippen molar-refractivity contribution in [2.45, 2.75) is 57.3 Å². The molecule has 1 unspecified atom stereocenters. The minimum atomic E-state index is -4.01. The first-order valence-electron chi connectivity index (χ1n) is 12.4. The molecule has 0 saturated carbocycles.